The minimum absolute atomic E-state index is 0.113. The molecule has 3 heterocycles. The Hall–Kier alpha value is -5.45. The van der Waals surface area contributed by atoms with Crippen molar-refractivity contribution in [3.63, 3.8) is 0 Å². The number of benzene rings is 7. The summed E-state index contributed by atoms with van der Waals surface area (Å²) in [6.45, 7) is 14.3. The Labute approximate surface area is 328 Å². The van der Waals surface area contributed by atoms with Crippen LogP contribution in [0.15, 0.2) is 155 Å². The van der Waals surface area contributed by atoms with E-state index in [0.29, 0.717) is 17.8 Å². The van der Waals surface area contributed by atoms with Crippen LogP contribution < -0.4 is 16.4 Å². The van der Waals surface area contributed by atoms with Crippen molar-refractivity contribution in [1.29, 1.82) is 0 Å². The molecule has 9 aromatic rings. The molecule has 0 unspecified atom stereocenters. The van der Waals surface area contributed by atoms with Gasteiger partial charge in [-0.1, -0.05) is 167 Å². The van der Waals surface area contributed by atoms with E-state index in [0.717, 1.165) is 0 Å². The molecule has 0 N–H and O–H groups in total. The van der Waals surface area contributed by atoms with Crippen LogP contribution in [0, 0.1) is 0 Å². The largest absolute Gasteiger partial charge is 0.309 e. The maximum absolute atomic E-state index is 2.52. The van der Waals surface area contributed by atoms with Crippen LogP contribution in [-0.2, 0) is 0 Å². The van der Waals surface area contributed by atoms with Crippen molar-refractivity contribution in [2.45, 2.75) is 69.1 Å². The van der Waals surface area contributed by atoms with E-state index in [1.165, 1.54) is 97.9 Å². The number of hydrogen-bond donors (Lipinski definition) is 0. The fraction of sp³-hybridized carbons (Fsp3) is 0.176. The standard InChI is InChI=1S/C51H45BN2S/c1-31(2)34-27-41(32(3)4)51(42(28-34)33(5)6)52-43-25-23-35(53-45-19-11-7-15-37(45)38-16-8-12-20-46(38)53)29-49(43)55-50-30-36(24-26-44(50)52)54-47-21-13-9-17-39(47)40-18-10-14-22-48(40)54/h7-33H,1-6H3. The Morgan fingerprint density at radius 1 is 0.418 bits per heavy atom. The van der Waals surface area contributed by atoms with Gasteiger partial charge in [-0.25, -0.2) is 0 Å². The molecule has 1 aliphatic heterocycles. The molecule has 1 aliphatic rings. The van der Waals surface area contributed by atoms with E-state index in [4.69, 9.17) is 0 Å². The molecule has 2 nitrogen and oxygen atoms in total. The van der Waals surface area contributed by atoms with Crippen molar-refractivity contribution in [3.8, 4) is 11.4 Å². The van der Waals surface area contributed by atoms with Gasteiger partial charge >= 0.3 is 0 Å². The van der Waals surface area contributed by atoms with Gasteiger partial charge in [0.15, 0.2) is 0 Å². The summed E-state index contributed by atoms with van der Waals surface area (Å²) >= 11 is 1.94. The third-order valence-corrected chi connectivity index (χ3v) is 13.1. The van der Waals surface area contributed by atoms with Crippen molar-refractivity contribution in [2.75, 3.05) is 0 Å². The first-order chi connectivity index (χ1) is 26.8. The van der Waals surface area contributed by atoms with Crippen molar-refractivity contribution in [1.82, 2.24) is 9.13 Å². The fourth-order valence-electron chi connectivity index (χ4n) is 9.32. The first kappa shape index (κ1) is 34.1. The van der Waals surface area contributed by atoms with E-state index < -0.39 is 0 Å². The average molecular weight is 729 g/mol. The van der Waals surface area contributed by atoms with Crippen LogP contribution in [0.25, 0.3) is 55.0 Å². The second kappa shape index (κ2) is 13.1. The number of aromatic nitrogens is 2. The summed E-state index contributed by atoms with van der Waals surface area (Å²) in [5.41, 5.74) is 16.0. The Morgan fingerprint density at radius 2 is 0.782 bits per heavy atom. The zero-order valence-corrected chi connectivity index (χ0v) is 33.3. The van der Waals surface area contributed by atoms with E-state index >= 15 is 0 Å². The van der Waals surface area contributed by atoms with Gasteiger partial charge < -0.3 is 9.13 Å². The lowest BCUT2D eigenvalue weighted by Gasteiger charge is -2.32. The lowest BCUT2D eigenvalue weighted by molar-refractivity contribution is 0.812. The van der Waals surface area contributed by atoms with Gasteiger partial charge in [-0.05, 0) is 83.0 Å². The summed E-state index contributed by atoms with van der Waals surface area (Å²) in [6, 6.07) is 54.9. The van der Waals surface area contributed by atoms with Gasteiger partial charge in [-0.3, -0.25) is 0 Å². The topological polar surface area (TPSA) is 9.86 Å². The molecule has 55 heavy (non-hydrogen) atoms. The number of fused-ring (bicyclic) bond motifs is 8. The summed E-state index contributed by atoms with van der Waals surface area (Å²) in [7, 11) is 0. The molecule has 0 amide bonds. The van der Waals surface area contributed by atoms with Gasteiger partial charge in [0.1, 0.15) is 0 Å². The van der Waals surface area contributed by atoms with Crippen LogP contribution in [-0.4, -0.2) is 15.8 Å². The molecule has 0 atom stereocenters. The first-order valence-electron chi connectivity index (χ1n) is 19.9. The molecular weight excluding hydrogens is 683 g/mol. The number of nitrogens with zero attached hydrogens (tertiary/aromatic N) is 2. The van der Waals surface area contributed by atoms with Gasteiger partial charge in [0, 0.05) is 42.7 Å². The summed E-state index contributed by atoms with van der Waals surface area (Å²) in [5.74, 6) is 1.25. The van der Waals surface area contributed by atoms with Crippen molar-refractivity contribution in [2.24, 2.45) is 0 Å². The Morgan fingerprint density at radius 3 is 1.13 bits per heavy atom. The van der Waals surface area contributed by atoms with Crippen LogP contribution in [0.2, 0.25) is 0 Å². The zero-order valence-electron chi connectivity index (χ0n) is 32.5. The second-order valence-electron chi connectivity index (χ2n) is 16.3. The average Bonchev–Trinajstić information content (AvgIpc) is 3.72. The normalized spacial score (nSPS) is 12.9. The van der Waals surface area contributed by atoms with Crippen molar-refractivity contribution >= 4 is 78.5 Å². The molecule has 0 saturated heterocycles. The Bertz CT molecular complexity index is 2660. The minimum Gasteiger partial charge on any atom is -0.309 e. The maximum atomic E-state index is 2.52. The Balaban J connectivity index is 1.25. The van der Waals surface area contributed by atoms with Gasteiger partial charge in [-0.15, -0.1) is 0 Å². The Kier molecular flexibility index (Phi) is 8.12. The molecule has 0 fully saturated rings. The minimum atomic E-state index is 0.113. The predicted octanol–water partition coefficient (Wildman–Crippen LogP) is 12.2. The van der Waals surface area contributed by atoms with Crippen LogP contribution in [0.5, 0.6) is 0 Å². The molecule has 268 valence electrons. The first-order valence-corrected chi connectivity index (χ1v) is 20.7. The SMILES string of the molecule is CC(C)c1cc(C(C)C)c(B2c3ccc(-n4c5ccccc5c5ccccc54)cc3Sc3cc(-n4c5ccccc5c5ccccc54)ccc32)c(C(C)C)c1. The molecule has 0 saturated carbocycles. The molecule has 0 radical (unpaired) electrons. The van der Waals surface area contributed by atoms with Crippen molar-refractivity contribution < 1.29 is 0 Å². The van der Waals surface area contributed by atoms with Crippen LogP contribution in [0.1, 0.15) is 76.0 Å². The third-order valence-electron chi connectivity index (χ3n) is 12.0. The third kappa shape index (κ3) is 5.33. The molecule has 0 aliphatic carbocycles. The molecule has 0 spiro atoms. The van der Waals surface area contributed by atoms with Crippen LogP contribution >= 0.6 is 11.8 Å². The van der Waals surface area contributed by atoms with E-state index in [1.54, 1.807) is 0 Å². The van der Waals surface area contributed by atoms with Gasteiger partial charge in [0.05, 0.1) is 22.1 Å². The number of para-hydroxylation sites is 4. The lowest BCUT2D eigenvalue weighted by Crippen LogP contribution is -2.57. The van der Waals surface area contributed by atoms with E-state index in [2.05, 4.69) is 196 Å². The highest BCUT2D eigenvalue weighted by molar-refractivity contribution is 8.00. The zero-order chi connectivity index (χ0) is 37.5. The number of rotatable bonds is 6. The molecule has 2 aromatic heterocycles. The molecule has 10 rings (SSSR count). The molecule has 4 heteroatoms. The maximum Gasteiger partial charge on any atom is 0.244 e. The highest BCUT2D eigenvalue weighted by Gasteiger charge is 2.36. The lowest BCUT2D eigenvalue weighted by atomic mass is 9.34. The molecule has 0 bridgehead atoms. The van der Waals surface area contributed by atoms with E-state index in [-0.39, 0.29) is 6.71 Å². The number of hydrogen-bond acceptors (Lipinski definition) is 1. The monoisotopic (exact) mass is 728 g/mol. The highest BCUT2D eigenvalue weighted by Crippen LogP contribution is 2.39. The van der Waals surface area contributed by atoms with Crippen molar-refractivity contribution in [3.05, 3.63) is 162 Å². The quantitative estimate of drug-likeness (QED) is 0.155. The second-order valence-corrected chi connectivity index (χ2v) is 17.4. The summed E-state index contributed by atoms with van der Waals surface area (Å²) < 4.78 is 4.92. The summed E-state index contributed by atoms with van der Waals surface area (Å²) in [6.07, 6.45) is 0. The van der Waals surface area contributed by atoms with Crippen LogP contribution in [0.4, 0.5) is 0 Å². The van der Waals surface area contributed by atoms with Crippen LogP contribution in [0.3, 0.4) is 0 Å². The van der Waals surface area contributed by atoms with Gasteiger partial charge in [0.2, 0.25) is 6.71 Å². The van der Waals surface area contributed by atoms with Gasteiger partial charge in [0.25, 0.3) is 0 Å². The highest BCUT2D eigenvalue weighted by atomic mass is 32.2. The molecule has 7 aromatic carbocycles. The van der Waals surface area contributed by atoms with E-state index in [1.807, 2.05) is 11.8 Å². The van der Waals surface area contributed by atoms with E-state index in [9.17, 15) is 0 Å². The van der Waals surface area contributed by atoms with Gasteiger partial charge in [-0.2, -0.15) is 0 Å². The molecular formula is C51H45BN2S. The fourth-order valence-corrected chi connectivity index (χ4v) is 10.5. The predicted molar refractivity (Wildman–Crippen MR) is 239 cm³/mol. The summed E-state index contributed by atoms with van der Waals surface area (Å²) in [4.78, 5) is 2.65. The smallest absolute Gasteiger partial charge is 0.244 e. The summed E-state index contributed by atoms with van der Waals surface area (Å²) in [5, 5.41) is 5.15.